The Morgan fingerprint density at radius 3 is 2.43 bits per heavy atom. The zero-order valence-electron chi connectivity index (χ0n) is 4.00. The molecule has 7 heavy (non-hydrogen) atoms. The molecule has 0 heterocycles. The van der Waals surface area contributed by atoms with E-state index in [1.165, 1.54) is 0 Å². The highest BCUT2D eigenvalue weighted by Gasteiger charge is 1.68. The first-order valence-corrected chi connectivity index (χ1v) is 2.76. The zero-order valence-corrected chi connectivity index (χ0v) is 5.79. The van der Waals surface area contributed by atoms with Gasteiger partial charge in [0.1, 0.15) is 0 Å². The normalized spacial score (nSPS) is 13.3. The first-order valence-electron chi connectivity index (χ1n) is 1.80. The average molecular weight is 133 g/mol. The van der Waals surface area contributed by atoms with Crippen LogP contribution in [0.25, 0.3) is 0 Å². The summed E-state index contributed by atoms with van der Waals surface area (Å²) in [5.74, 6) is 0. The maximum atomic E-state index is 3.90. The molecule has 0 unspecified atom stereocenters. The van der Waals surface area contributed by atoms with E-state index in [0.717, 1.165) is 5.04 Å². The largest absolute Gasteiger partial charge is 0.254 e. The molecule has 0 bridgehead atoms. The van der Waals surface area contributed by atoms with E-state index in [1.54, 1.807) is 18.5 Å². The van der Waals surface area contributed by atoms with Gasteiger partial charge in [-0.3, -0.25) is 4.99 Å². The van der Waals surface area contributed by atoms with Gasteiger partial charge < -0.3 is 0 Å². The van der Waals surface area contributed by atoms with Crippen LogP contribution in [0.2, 0.25) is 0 Å². The Labute approximate surface area is 54.3 Å². The lowest BCUT2D eigenvalue weighted by atomic mass is 10.8. The molecule has 0 aliphatic rings. The topological polar surface area (TPSA) is 12.4 Å². The lowest BCUT2D eigenvalue weighted by Gasteiger charge is -1.76. The number of rotatable bonds is 1. The summed E-state index contributed by atoms with van der Waals surface area (Å²) in [6.45, 7) is 1.80. The van der Waals surface area contributed by atoms with Crippen molar-refractivity contribution in [2.75, 3.05) is 0 Å². The predicted molar refractivity (Wildman–Crippen MR) is 40.2 cm³/mol. The Morgan fingerprint density at radius 2 is 2.29 bits per heavy atom. The first kappa shape index (κ1) is 7.11. The van der Waals surface area contributed by atoms with Crippen molar-refractivity contribution in [3.05, 3.63) is 11.6 Å². The van der Waals surface area contributed by atoms with Crippen LogP contribution in [0, 0.1) is 0 Å². The standard InChI is InChI=1S/C4H7NS2/c1-4(7)5-2-3-6/h2-3,6H,1H3,(H,5,7)/b3-2-. The second-order valence-corrected chi connectivity index (χ2v) is 1.92. The fraction of sp³-hybridized carbons (Fsp3) is 0.250. The van der Waals surface area contributed by atoms with E-state index in [2.05, 4.69) is 30.2 Å². The van der Waals surface area contributed by atoms with E-state index in [0.29, 0.717) is 0 Å². The van der Waals surface area contributed by atoms with Gasteiger partial charge >= 0.3 is 0 Å². The molecule has 0 aromatic heterocycles. The number of hydrogen-bond donors (Lipinski definition) is 2. The summed E-state index contributed by atoms with van der Waals surface area (Å²) in [5, 5.41) is 2.30. The highest BCUT2D eigenvalue weighted by atomic mass is 32.1. The molecule has 0 radical (unpaired) electrons. The van der Waals surface area contributed by atoms with E-state index < -0.39 is 0 Å². The summed E-state index contributed by atoms with van der Waals surface area (Å²) < 4.78 is 0. The third-order valence-electron chi connectivity index (χ3n) is 0.328. The molecule has 0 fully saturated rings. The molecule has 0 aliphatic carbocycles. The molecule has 0 aromatic carbocycles. The summed E-state index contributed by atoms with van der Waals surface area (Å²) >= 11 is 7.67. The van der Waals surface area contributed by atoms with E-state index in [4.69, 9.17) is 0 Å². The minimum absolute atomic E-state index is 0.741. The second-order valence-electron chi connectivity index (χ2n) is 0.974. The van der Waals surface area contributed by atoms with Crippen molar-refractivity contribution in [1.29, 1.82) is 0 Å². The summed E-state index contributed by atoms with van der Waals surface area (Å²) in [4.78, 5) is 3.77. The molecule has 0 saturated carbocycles. The molecule has 0 saturated heterocycles. The fourth-order valence-corrected chi connectivity index (χ4v) is 0.275. The molecule has 0 aromatic rings. The minimum atomic E-state index is 0.741. The van der Waals surface area contributed by atoms with Crippen molar-refractivity contribution in [2.24, 2.45) is 4.99 Å². The summed E-state index contributed by atoms with van der Waals surface area (Å²) in [7, 11) is 0. The summed E-state index contributed by atoms with van der Waals surface area (Å²) in [6.07, 6.45) is 1.57. The average Bonchev–Trinajstić information content (AvgIpc) is 1.61. The van der Waals surface area contributed by atoms with Gasteiger partial charge in [-0.15, -0.1) is 25.3 Å². The lowest BCUT2D eigenvalue weighted by molar-refractivity contribution is 1.59. The van der Waals surface area contributed by atoms with Gasteiger partial charge in [-0.05, 0) is 12.3 Å². The molecule has 0 spiro atoms. The maximum absolute atomic E-state index is 3.90. The molecule has 0 N–H and O–H groups in total. The van der Waals surface area contributed by atoms with Gasteiger partial charge in [-0.2, -0.15) is 0 Å². The quantitative estimate of drug-likeness (QED) is 0.307. The van der Waals surface area contributed by atoms with Crippen molar-refractivity contribution in [1.82, 2.24) is 0 Å². The second kappa shape index (κ2) is 4.27. The van der Waals surface area contributed by atoms with E-state index >= 15 is 0 Å². The molecule has 3 heteroatoms. The predicted octanol–water partition coefficient (Wildman–Crippen LogP) is 1.74. The van der Waals surface area contributed by atoms with Gasteiger partial charge in [0.15, 0.2) is 0 Å². The van der Waals surface area contributed by atoms with Gasteiger partial charge in [0.25, 0.3) is 0 Å². The molecule has 0 aliphatic heterocycles. The van der Waals surface area contributed by atoms with Crippen LogP contribution in [0.15, 0.2) is 16.6 Å². The number of aliphatic imine (C=N–C) groups is 1. The molecule has 0 atom stereocenters. The maximum Gasteiger partial charge on any atom is 0.0670 e. The van der Waals surface area contributed by atoms with Crippen LogP contribution < -0.4 is 0 Å². The van der Waals surface area contributed by atoms with Crippen LogP contribution >= 0.6 is 25.3 Å². The van der Waals surface area contributed by atoms with E-state index in [1.807, 2.05) is 0 Å². The number of hydrogen-bond acceptors (Lipinski definition) is 2. The Hall–Kier alpha value is 0.110. The molecule has 40 valence electrons. The van der Waals surface area contributed by atoms with Crippen LogP contribution in [0.3, 0.4) is 0 Å². The van der Waals surface area contributed by atoms with Crippen molar-refractivity contribution in [3.8, 4) is 0 Å². The van der Waals surface area contributed by atoms with Gasteiger partial charge in [-0.25, -0.2) is 0 Å². The third-order valence-corrected chi connectivity index (χ3v) is 0.577. The van der Waals surface area contributed by atoms with E-state index in [9.17, 15) is 0 Å². The van der Waals surface area contributed by atoms with Gasteiger partial charge in [-0.1, -0.05) is 0 Å². The van der Waals surface area contributed by atoms with Crippen molar-refractivity contribution >= 4 is 30.3 Å². The first-order chi connectivity index (χ1) is 3.27. The van der Waals surface area contributed by atoms with Crippen LogP contribution in [0.5, 0.6) is 0 Å². The summed E-state index contributed by atoms with van der Waals surface area (Å²) in [6, 6.07) is 0. The van der Waals surface area contributed by atoms with Crippen molar-refractivity contribution in [3.63, 3.8) is 0 Å². The molecule has 0 amide bonds. The molecule has 1 nitrogen and oxygen atoms in total. The van der Waals surface area contributed by atoms with Crippen molar-refractivity contribution < 1.29 is 0 Å². The minimum Gasteiger partial charge on any atom is -0.254 e. The molecular formula is C4H7NS2. The SMILES string of the molecule is C/C(S)=N/C=C\S. The molecule has 0 rings (SSSR count). The van der Waals surface area contributed by atoms with E-state index in [-0.39, 0.29) is 0 Å². The van der Waals surface area contributed by atoms with Crippen LogP contribution in [-0.4, -0.2) is 5.04 Å². The zero-order chi connectivity index (χ0) is 5.70. The Kier molecular flexibility index (Phi) is 4.34. The number of nitrogens with zero attached hydrogens (tertiary/aromatic N) is 1. The molecular weight excluding hydrogens is 126 g/mol. The van der Waals surface area contributed by atoms with Crippen LogP contribution in [0.4, 0.5) is 0 Å². The van der Waals surface area contributed by atoms with Crippen molar-refractivity contribution in [2.45, 2.75) is 6.92 Å². The van der Waals surface area contributed by atoms with Gasteiger partial charge in [0, 0.05) is 6.20 Å². The Morgan fingerprint density at radius 1 is 1.71 bits per heavy atom. The van der Waals surface area contributed by atoms with Crippen LogP contribution in [0.1, 0.15) is 6.92 Å². The highest BCUT2D eigenvalue weighted by Crippen LogP contribution is 1.84. The van der Waals surface area contributed by atoms with Gasteiger partial charge in [0.2, 0.25) is 0 Å². The Balaban J connectivity index is 3.46. The monoisotopic (exact) mass is 133 g/mol. The summed E-state index contributed by atoms with van der Waals surface area (Å²) in [5.41, 5.74) is 0. The van der Waals surface area contributed by atoms with Gasteiger partial charge in [0.05, 0.1) is 5.04 Å². The number of thiol groups is 2. The fourth-order valence-electron chi connectivity index (χ4n) is 0.141. The highest BCUT2D eigenvalue weighted by molar-refractivity contribution is 7.96. The smallest absolute Gasteiger partial charge is 0.0670 e. The van der Waals surface area contributed by atoms with Crippen LogP contribution in [-0.2, 0) is 0 Å². The third kappa shape index (κ3) is 6.11. The Bertz CT molecular complexity index is 91.9. The lowest BCUT2D eigenvalue weighted by Crippen LogP contribution is -1.68.